The summed E-state index contributed by atoms with van der Waals surface area (Å²) in [5.41, 5.74) is 1.24. The Kier molecular flexibility index (Phi) is 8.10. The fourth-order valence-corrected chi connectivity index (χ4v) is 4.11. The van der Waals surface area contributed by atoms with Crippen molar-refractivity contribution in [2.24, 2.45) is 0 Å². The number of benzene rings is 2. The Morgan fingerprint density at radius 3 is 2.28 bits per heavy atom. The van der Waals surface area contributed by atoms with Gasteiger partial charge in [0.05, 0.1) is 37.8 Å². The Hall–Kier alpha value is -2.64. The molecule has 1 N–H and O–H groups in total. The van der Waals surface area contributed by atoms with E-state index >= 15 is 0 Å². The van der Waals surface area contributed by atoms with Gasteiger partial charge in [-0.15, -0.1) is 0 Å². The van der Waals surface area contributed by atoms with Gasteiger partial charge in [-0.2, -0.15) is 0 Å². The van der Waals surface area contributed by atoms with Gasteiger partial charge in [0.25, 0.3) is 0 Å². The second-order valence-electron chi connectivity index (χ2n) is 7.43. The molecule has 0 radical (unpaired) electrons. The third-order valence-electron chi connectivity index (χ3n) is 5.39. The highest BCUT2D eigenvalue weighted by Crippen LogP contribution is 2.38. The number of nitrogens with zero attached hydrogens (tertiary/aromatic N) is 1. The molecular formula is C23H26Cl2N2O5. The maximum absolute atomic E-state index is 13.2. The summed E-state index contributed by atoms with van der Waals surface area (Å²) in [4.78, 5) is 27.8. The van der Waals surface area contributed by atoms with E-state index in [2.05, 4.69) is 5.32 Å². The summed E-state index contributed by atoms with van der Waals surface area (Å²) in [6, 6.07) is 7.81. The molecule has 0 spiro atoms. The topological polar surface area (TPSA) is 77.1 Å². The highest BCUT2D eigenvalue weighted by atomic mass is 35.5. The predicted octanol–water partition coefficient (Wildman–Crippen LogP) is 4.58. The van der Waals surface area contributed by atoms with E-state index in [0.717, 1.165) is 12.8 Å². The van der Waals surface area contributed by atoms with E-state index < -0.39 is 6.04 Å². The van der Waals surface area contributed by atoms with Gasteiger partial charge in [-0.25, -0.2) is 0 Å². The molecule has 32 heavy (non-hydrogen) atoms. The maximum atomic E-state index is 13.2. The van der Waals surface area contributed by atoms with Gasteiger partial charge in [0, 0.05) is 12.2 Å². The van der Waals surface area contributed by atoms with E-state index in [4.69, 9.17) is 37.4 Å². The smallest absolute Gasteiger partial charge is 0.247 e. The van der Waals surface area contributed by atoms with Crippen LogP contribution in [-0.4, -0.2) is 50.6 Å². The van der Waals surface area contributed by atoms with Crippen molar-refractivity contribution in [1.82, 2.24) is 4.90 Å². The van der Waals surface area contributed by atoms with E-state index in [1.165, 1.54) is 21.3 Å². The third kappa shape index (κ3) is 5.40. The SMILES string of the molecule is COc1cc(CC(=O)N2CCCCC2C(=O)Nc2ccc(Cl)c(Cl)c2)cc(OC)c1OC. The molecule has 0 aromatic heterocycles. The zero-order valence-corrected chi connectivity index (χ0v) is 19.8. The molecule has 0 aliphatic carbocycles. The average molecular weight is 481 g/mol. The number of methoxy groups -OCH3 is 3. The highest BCUT2D eigenvalue weighted by Gasteiger charge is 2.32. The van der Waals surface area contributed by atoms with Gasteiger partial charge in [-0.05, 0) is 55.2 Å². The number of rotatable bonds is 7. The molecule has 172 valence electrons. The van der Waals surface area contributed by atoms with Crippen molar-refractivity contribution in [1.29, 1.82) is 0 Å². The first-order valence-electron chi connectivity index (χ1n) is 10.2. The monoisotopic (exact) mass is 480 g/mol. The van der Waals surface area contributed by atoms with Crippen molar-refractivity contribution in [2.75, 3.05) is 33.2 Å². The summed E-state index contributed by atoms with van der Waals surface area (Å²) >= 11 is 12.0. The van der Waals surface area contributed by atoms with Crippen molar-refractivity contribution < 1.29 is 23.8 Å². The van der Waals surface area contributed by atoms with Gasteiger partial charge in [-0.3, -0.25) is 9.59 Å². The molecule has 1 heterocycles. The molecular weight excluding hydrogens is 455 g/mol. The Balaban J connectivity index is 1.77. The Labute approximate surface area is 197 Å². The van der Waals surface area contributed by atoms with Gasteiger partial charge in [0.1, 0.15) is 6.04 Å². The molecule has 3 rings (SSSR count). The molecule has 2 amide bonds. The summed E-state index contributed by atoms with van der Waals surface area (Å²) in [5, 5.41) is 3.60. The normalized spacial score (nSPS) is 15.8. The highest BCUT2D eigenvalue weighted by molar-refractivity contribution is 6.42. The molecule has 1 unspecified atom stereocenters. The number of anilines is 1. The van der Waals surface area contributed by atoms with Gasteiger partial charge >= 0.3 is 0 Å². The second-order valence-corrected chi connectivity index (χ2v) is 8.24. The molecule has 1 aliphatic rings. The van der Waals surface area contributed by atoms with Crippen LogP contribution in [0.5, 0.6) is 17.2 Å². The van der Waals surface area contributed by atoms with Crippen molar-refractivity contribution in [3.05, 3.63) is 45.9 Å². The number of hydrogen-bond acceptors (Lipinski definition) is 5. The van der Waals surface area contributed by atoms with Crippen LogP contribution >= 0.6 is 23.2 Å². The van der Waals surface area contributed by atoms with E-state index in [1.807, 2.05) is 0 Å². The van der Waals surface area contributed by atoms with Gasteiger partial charge < -0.3 is 24.4 Å². The number of carbonyl (C=O) groups is 2. The van der Waals surface area contributed by atoms with Crippen LogP contribution in [0.1, 0.15) is 24.8 Å². The summed E-state index contributed by atoms with van der Waals surface area (Å²) in [6.07, 6.45) is 2.41. The first kappa shape index (κ1) is 24.0. The molecule has 2 aromatic carbocycles. The fraction of sp³-hybridized carbons (Fsp3) is 0.391. The van der Waals surface area contributed by atoms with Crippen molar-refractivity contribution >= 4 is 40.7 Å². The van der Waals surface area contributed by atoms with E-state index in [1.54, 1.807) is 35.2 Å². The van der Waals surface area contributed by atoms with Gasteiger partial charge in [0.15, 0.2) is 11.5 Å². The molecule has 2 aromatic rings. The molecule has 1 saturated heterocycles. The number of nitrogens with one attached hydrogen (secondary N) is 1. The lowest BCUT2D eigenvalue weighted by molar-refractivity contribution is -0.139. The number of carbonyl (C=O) groups excluding carboxylic acids is 2. The average Bonchev–Trinajstić information content (AvgIpc) is 2.80. The van der Waals surface area contributed by atoms with Crippen LogP contribution in [0, 0.1) is 0 Å². The Bertz CT molecular complexity index is 973. The fourth-order valence-electron chi connectivity index (χ4n) is 3.82. The van der Waals surface area contributed by atoms with Crippen LogP contribution in [0.4, 0.5) is 5.69 Å². The van der Waals surface area contributed by atoms with Crippen LogP contribution < -0.4 is 19.5 Å². The minimum atomic E-state index is -0.562. The number of amides is 2. The van der Waals surface area contributed by atoms with E-state index in [9.17, 15) is 9.59 Å². The maximum Gasteiger partial charge on any atom is 0.247 e. The second kappa shape index (κ2) is 10.8. The standard InChI is InChI=1S/C23H26Cl2N2O5/c1-30-19-10-14(11-20(31-2)22(19)32-3)12-21(28)27-9-5-4-6-18(27)23(29)26-15-7-8-16(24)17(25)13-15/h7-8,10-11,13,18H,4-6,9,12H2,1-3H3,(H,26,29). The zero-order valence-electron chi connectivity index (χ0n) is 18.2. The summed E-state index contributed by atoms with van der Waals surface area (Å²) in [7, 11) is 4.57. The summed E-state index contributed by atoms with van der Waals surface area (Å²) in [5.74, 6) is 1.02. The number of hydrogen-bond donors (Lipinski definition) is 1. The number of halogens is 2. The van der Waals surface area contributed by atoms with Crippen LogP contribution in [0.15, 0.2) is 30.3 Å². The van der Waals surface area contributed by atoms with Crippen LogP contribution in [0.3, 0.4) is 0 Å². The number of likely N-dealkylation sites (tertiary alicyclic amines) is 1. The first-order chi connectivity index (χ1) is 15.4. The predicted molar refractivity (Wildman–Crippen MR) is 124 cm³/mol. The van der Waals surface area contributed by atoms with E-state index in [0.29, 0.717) is 51.5 Å². The van der Waals surface area contributed by atoms with Crippen molar-refractivity contribution in [3.8, 4) is 17.2 Å². The Morgan fingerprint density at radius 2 is 1.69 bits per heavy atom. The molecule has 0 saturated carbocycles. The lowest BCUT2D eigenvalue weighted by atomic mass is 9.99. The molecule has 7 nitrogen and oxygen atoms in total. The van der Waals surface area contributed by atoms with Crippen LogP contribution in [-0.2, 0) is 16.0 Å². The minimum Gasteiger partial charge on any atom is -0.493 e. The summed E-state index contributed by atoms with van der Waals surface area (Å²) in [6.45, 7) is 0.517. The molecule has 0 bridgehead atoms. The minimum absolute atomic E-state index is 0.104. The third-order valence-corrected chi connectivity index (χ3v) is 6.13. The van der Waals surface area contributed by atoms with Gasteiger partial charge in [-0.1, -0.05) is 23.2 Å². The molecule has 1 atom stereocenters. The molecule has 1 aliphatic heterocycles. The molecule has 1 fully saturated rings. The van der Waals surface area contributed by atoms with Crippen LogP contribution in [0.25, 0.3) is 0 Å². The largest absolute Gasteiger partial charge is 0.493 e. The zero-order chi connectivity index (χ0) is 23.3. The number of piperidine rings is 1. The van der Waals surface area contributed by atoms with Gasteiger partial charge in [0.2, 0.25) is 17.6 Å². The number of ether oxygens (including phenoxy) is 3. The van der Waals surface area contributed by atoms with E-state index in [-0.39, 0.29) is 18.2 Å². The van der Waals surface area contributed by atoms with Crippen molar-refractivity contribution in [2.45, 2.75) is 31.7 Å². The molecule has 9 heteroatoms. The Morgan fingerprint density at radius 1 is 1.00 bits per heavy atom. The lowest BCUT2D eigenvalue weighted by Crippen LogP contribution is -2.50. The quantitative estimate of drug-likeness (QED) is 0.627. The van der Waals surface area contributed by atoms with Crippen molar-refractivity contribution in [3.63, 3.8) is 0 Å². The first-order valence-corrected chi connectivity index (χ1v) is 11.0. The summed E-state index contributed by atoms with van der Waals surface area (Å²) < 4.78 is 16.1. The lowest BCUT2D eigenvalue weighted by Gasteiger charge is -2.35. The van der Waals surface area contributed by atoms with Crippen LogP contribution in [0.2, 0.25) is 10.0 Å².